The van der Waals surface area contributed by atoms with Crippen LogP contribution in [0.4, 0.5) is 4.79 Å². The van der Waals surface area contributed by atoms with Gasteiger partial charge in [0.15, 0.2) is 11.5 Å². The highest BCUT2D eigenvalue weighted by Crippen LogP contribution is 2.37. The van der Waals surface area contributed by atoms with Crippen LogP contribution in [-0.4, -0.2) is 30.1 Å². The van der Waals surface area contributed by atoms with Crippen molar-refractivity contribution in [1.29, 1.82) is 0 Å². The van der Waals surface area contributed by atoms with Gasteiger partial charge < -0.3 is 14.8 Å². The number of nitrogens with zero attached hydrogens (tertiary/aromatic N) is 1. The van der Waals surface area contributed by atoms with E-state index >= 15 is 0 Å². The third-order valence-corrected chi connectivity index (χ3v) is 5.46. The first-order valence-corrected chi connectivity index (χ1v) is 9.12. The molecule has 0 radical (unpaired) electrons. The Kier molecular flexibility index (Phi) is 4.40. The van der Waals surface area contributed by atoms with Crippen LogP contribution in [-0.2, 0) is 16.9 Å². The smallest absolute Gasteiger partial charge is 0.325 e. The Morgan fingerprint density at radius 2 is 1.78 bits per heavy atom. The minimum Gasteiger partial charge on any atom is -0.486 e. The van der Waals surface area contributed by atoms with Gasteiger partial charge >= 0.3 is 6.03 Å². The van der Waals surface area contributed by atoms with Crippen molar-refractivity contribution >= 4 is 35.1 Å². The molecule has 0 unspecified atom stereocenters. The third-order valence-electron chi connectivity index (χ3n) is 4.72. The van der Waals surface area contributed by atoms with Crippen molar-refractivity contribution in [3.63, 3.8) is 0 Å². The van der Waals surface area contributed by atoms with Gasteiger partial charge in [-0.15, -0.1) is 0 Å². The first-order valence-electron chi connectivity index (χ1n) is 8.36. The summed E-state index contributed by atoms with van der Waals surface area (Å²) >= 11 is 12.0. The highest BCUT2D eigenvalue weighted by molar-refractivity contribution is 6.42. The van der Waals surface area contributed by atoms with Crippen LogP contribution in [0.1, 0.15) is 18.1 Å². The third kappa shape index (κ3) is 3.09. The number of imide groups is 1. The van der Waals surface area contributed by atoms with Crippen molar-refractivity contribution in [2.75, 3.05) is 13.2 Å². The molecule has 3 amide bonds. The summed E-state index contributed by atoms with van der Waals surface area (Å²) in [5.41, 5.74) is 0.143. The van der Waals surface area contributed by atoms with Gasteiger partial charge in [0.1, 0.15) is 18.8 Å². The second-order valence-corrected chi connectivity index (χ2v) is 7.37. The minimum atomic E-state index is -1.19. The van der Waals surface area contributed by atoms with E-state index in [1.807, 2.05) is 0 Å². The van der Waals surface area contributed by atoms with E-state index in [1.165, 1.54) is 0 Å². The average molecular weight is 407 g/mol. The van der Waals surface area contributed by atoms with Crippen molar-refractivity contribution in [2.45, 2.75) is 19.0 Å². The molecule has 0 saturated carbocycles. The van der Waals surface area contributed by atoms with Crippen LogP contribution >= 0.6 is 23.2 Å². The van der Waals surface area contributed by atoms with Gasteiger partial charge in [-0.3, -0.25) is 9.69 Å². The first-order chi connectivity index (χ1) is 12.9. The van der Waals surface area contributed by atoms with E-state index in [9.17, 15) is 9.59 Å². The van der Waals surface area contributed by atoms with Crippen molar-refractivity contribution in [3.8, 4) is 11.5 Å². The van der Waals surface area contributed by atoms with Gasteiger partial charge in [0, 0.05) is 0 Å². The van der Waals surface area contributed by atoms with E-state index in [0.717, 1.165) is 4.90 Å². The van der Waals surface area contributed by atoms with E-state index in [-0.39, 0.29) is 12.5 Å². The summed E-state index contributed by atoms with van der Waals surface area (Å²) in [4.78, 5) is 26.7. The fourth-order valence-electron chi connectivity index (χ4n) is 3.21. The summed E-state index contributed by atoms with van der Waals surface area (Å²) in [6.45, 7) is 2.70. The highest BCUT2D eigenvalue weighted by atomic mass is 35.5. The van der Waals surface area contributed by atoms with Gasteiger partial charge in [0.25, 0.3) is 5.91 Å². The second kappa shape index (κ2) is 6.62. The number of benzene rings is 2. The maximum atomic E-state index is 13.1. The molecule has 2 aliphatic rings. The SMILES string of the molecule is C[C@@]1(c2ccc3c(c2)OCCO3)NC(=O)N(Cc2ccc(Cl)c(Cl)c2)C1=O. The molecule has 2 aromatic rings. The fraction of sp³-hybridized carbons (Fsp3) is 0.263. The Morgan fingerprint density at radius 3 is 2.52 bits per heavy atom. The first kappa shape index (κ1) is 17.9. The molecule has 0 aliphatic carbocycles. The summed E-state index contributed by atoms with van der Waals surface area (Å²) in [5.74, 6) is 0.832. The number of rotatable bonds is 3. The van der Waals surface area contributed by atoms with Crippen molar-refractivity contribution in [1.82, 2.24) is 10.2 Å². The molecule has 2 aliphatic heterocycles. The fourth-order valence-corrected chi connectivity index (χ4v) is 3.53. The average Bonchev–Trinajstić information content (AvgIpc) is 2.88. The summed E-state index contributed by atoms with van der Waals surface area (Å²) in [6, 6.07) is 9.78. The van der Waals surface area contributed by atoms with Crippen LogP contribution in [0.5, 0.6) is 11.5 Å². The number of carbonyl (C=O) groups excluding carboxylic acids is 2. The topological polar surface area (TPSA) is 67.9 Å². The zero-order chi connectivity index (χ0) is 19.2. The molecule has 0 spiro atoms. The Morgan fingerprint density at radius 1 is 1.04 bits per heavy atom. The zero-order valence-electron chi connectivity index (χ0n) is 14.4. The normalized spacial score (nSPS) is 21.4. The Balaban J connectivity index is 1.62. The lowest BCUT2D eigenvalue weighted by atomic mass is 9.91. The van der Waals surface area contributed by atoms with Gasteiger partial charge in [-0.2, -0.15) is 0 Å². The number of halogens is 2. The molecule has 0 bridgehead atoms. The van der Waals surface area contributed by atoms with Crippen LogP contribution in [0.2, 0.25) is 10.0 Å². The molecule has 2 aromatic carbocycles. The van der Waals surface area contributed by atoms with E-state index < -0.39 is 11.6 Å². The number of nitrogens with one attached hydrogen (secondary N) is 1. The number of fused-ring (bicyclic) bond motifs is 1. The number of carbonyl (C=O) groups is 2. The van der Waals surface area contributed by atoms with Gasteiger partial charge in [-0.05, 0) is 42.3 Å². The van der Waals surface area contributed by atoms with E-state index in [4.69, 9.17) is 32.7 Å². The molecule has 8 heteroatoms. The van der Waals surface area contributed by atoms with Crippen LogP contribution in [0.3, 0.4) is 0 Å². The lowest BCUT2D eigenvalue weighted by molar-refractivity contribution is -0.131. The molecule has 4 rings (SSSR count). The van der Waals surface area contributed by atoms with Gasteiger partial charge in [0.2, 0.25) is 0 Å². The van der Waals surface area contributed by atoms with E-state index in [2.05, 4.69) is 5.32 Å². The predicted molar refractivity (Wildman–Crippen MR) is 100 cm³/mol. The molecule has 0 aromatic heterocycles. The van der Waals surface area contributed by atoms with E-state index in [0.29, 0.717) is 45.9 Å². The quantitative estimate of drug-likeness (QED) is 0.788. The monoisotopic (exact) mass is 406 g/mol. The Bertz CT molecular complexity index is 949. The summed E-state index contributed by atoms with van der Waals surface area (Å²) in [5, 5.41) is 3.57. The maximum Gasteiger partial charge on any atom is 0.325 e. The molecule has 140 valence electrons. The van der Waals surface area contributed by atoms with Crippen molar-refractivity contribution in [3.05, 3.63) is 57.6 Å². The number of hydrogen-bond acceptors (Lipinski definition) is 4. The lowest BCUT2D eigenvalue weighted by Gasteiger charge is -2.25. The largest absolute Gasteiger partial charge is 0.486 e. The number of urea groups is 1. The van der Waals surface area contributed by atoms with Crippen LogP contribution < -0.4 is 14.8 Å². The summed E-state index contributed by atoms with van der Waals surface area (Å²) < 4.78 is 11.1. The van der Waals surface area contributed by atoms with Gasteiger partial charge in [0.05, 0.1) is 16.6 Å². The van der Waals surface area contributed by atoms with Crippen molar-refractivity contribution in [2.24, 2.45) is 0 Å². The zero-order valence-corrected chi connectivity index (χ0v) is 15.9. The minimum absolute atomic E-state index is 0.0989. The summed E-state index contributed by atoms with van der Waals surface area (Å²) in [6.07, 6.45) is 0. The van der Waals surface area contributed by atoms with Crippen molar-refractivity contribution < 1.29 is 19.1 Å². The second-order valence-electron chi connectivity index (χ2n) is 6.55. The molecule has 1 atom stereocenters. The molecule has 1 N–H and O–H groups in total. The molecule has 1 fully saturated rings. The molecule has 1 saturated heterocycles. The number of amides is 3. The molecular formula is C19H16Cl2N2O4. The van der Waals surface area contributed by atoms with Crippen LogP contribution in [0.25, 0.3) is 0 Å². The van der Waals surface area contributed by atoms with Gasteiger partial charge in [-0.1, -0.05) is 35.3 Å². The Labute approximate surface area is 165 Å². The number of ether oxygens (including phenoxy) is 2. The van der Waals surface area contributed by atoms with E-state index in [1.54, 1.807) is 43.3 Å². The molecule has 2 heterocycles. The molecule has 6 nitrogen and oxygen atoms in total. The standard InChI is InChI=1S/C19H16Cl2N2O4/c1-19(12-3-5-15-16(9-12)27-7-6-26-15)17(24)23(18(25)22-19)10-11-2-4-13(20)14(21)8-11/h2-5,8-9H,6-7,10H2,1H3,(H,22,25)/t19-/m0/s1. The summed E-state index contributed by atoms with van der Waals surface area (Å²) in [7, 11) is 0. The maximum absolute atomic E-state index is 13.1. The Hall–Kier alpha value is -2.44. The highest BCUT2D eigenvalue weighted by Gasteiger charge is 2.49. The molecule has 27 heavy (non-hydrogen) atoms. The lowest BCUT2D eigenvalue weighted by Crippen LogP contribution is -2.41. The van der Waals surface area contributed by atoms with Crippen LogP contribution in [0, 0.1) is 0 Å². The van der Waals surface area contributed by atoms with Gasteiger partial charge in [-0.25, -0.2) is 4.79 Å². The number of hydrogen-bond donors (Lipinski definition) is 1. The molecular weight excluding hydrogens is 391 g/mol. The predicted octanol–water partition coefficient (Wildman–Crippen LogP) is 3.73. The van der Waals surface area contributed by atoms with Crippen LogP contribution in [0.15, 0.2) is 36.4 Å².